The zero-order chi connectivity index (χ0) is 23.8. The van der Waals surface area contributed by atoms with Crippen LogP contribution in [0.3, 0.4) is 0 Å². The topological polar surface area (TPSA) is 56.2 Å². The van der Waals surface area contributed by atoms with Gasteiger partial charge in [0.05, 0.1) is 24.1 Å². The van der Waals surface area contributed by atoms with Gasteiger partial charge in [-0.15, -0.1) is 0 Å². The summed E-state index contributed by atoms with van der Waals surface area (Å²) in [7, 11) is 0. The average Bonchev–Trinajstić information content (AvgIpc) is 3.19. The van der Waals surface area contributed by atoms with Crippen molar-refractivity contribution >= 4 is 16.9 Å². The van der Waals surface area contributed by atoms with Gasteiger partial charge in [-0.2, -0.15) is 0 Å². The molecule has 0 atom stereocenters. The predicted molar refractivity (Wildman–Crippen MR) is 137 cm³/mol. The molecule has 0 radical (unpaired) electrons. The van der Waals surface area contributed by atoms with E-state index in [0.717, 1.165) is 58.7 Å². The molecule has 0 fully saturated rings. The number of carbonyl (C=O) groups is 1. The molecule has 34 heavy (non-hydrogen) atoms. The Morgan fingerprint density at radius 3 is 2.47 bits per heavy atom. The number of rotatable bonds is 11. The van der Waals surface area contributed by atoms with Crippen LogP contribution >= 0.6 is 0 Å². The summed E-state index contributed by atoms with van der Waals surface area (Å²) in [4.78, 5) is 17.3. The molecule has 0 saturated heterocycles. The molecule has 0 spiro atoms. The van der Waals surface area contributed by atoms with Gasteiger partial charge in [0.2, 0.25) is 5.91 Å². The predicted octanol–water partition coefficient (Wildman–Crippen LogP) is 5.41. The molecule has 5 heteroatoms. The lowest BCUT2D eigenvalue weighted by atomic mass is 10.1. The standard InChI is InChI=1S/C29H33N3O2/c1-22-11-3-5-13-24(22)21-29(33)30-18-17-28-31-25-14-6-7-15-26(25)32(28)19-9-10-20-34-27-16-8-4-12-23(27)2/h3-8,11-16H,9-10,17-21H2,1-2H3,(H,30,33). The van der Waals surface area contributed by atoms with E-state index in [4.69, 9.17) is 9.72 Å². The van der Waals surface area contributed by atoms with Gasteiger partial charge in [-0.3, -0.25) is 4.79 Å². The highest BCUT2D eigenvalue weighted by Gasteiger charge is 2.11. The van der Waals surface area contributed by atoms with E-state index in [0.29, 0.717) is 26.0 Å². The molecule has 4 rings (SSSR count). The van der Waals surface area contributed by atoms with Crippen molar-refractivity contribution in [3.8, 4) is 5.75 Å². The Bertz CT molecular complexity index is 1250. The third-order valence-electron chi connectivity index (χ3n) is 6.14. The molecule has 3 aromatic carbocycles. The number of aromatic nitrogens is 2. The molecule has 1 aromatic heterocycles. The number of fused-ring (bicyclic) bond motifs is 1. The van der Waals surface area contributed by atoms with Crippen LogP contribution in [0.15, 0.2) is 72.8 Å². The molecule has 0 aliphatic carbocycles. The Morgan fingerprint density at radius 2 is 1.65 bits per heavy atom. The zero-order valence-corrected chi connectivity index (χ0v) is 20.1. The third-order valence-corrected chi connectivity index (χ3v) is 6.14. The Labute approximate surface area is 201 Å². The number of benzene rings is 3. The van der Waals surface area contributed by atoms with Crippen LogP contribution in [0.25, 0.3) is 11.0 Å². The first-order chi connectivity index (χ1) is 16.6. The zero-order valence-electron chi connectivity index (χ0n) is 20.1. The SMILES string of the molecule is Cc1ccccc1CC(=O)NCCc1nc2ccccc2n1CCCCOc1ccccc1C. The molecule has 4 aromatic rings. The number of nitrogens with one attached hydrogen (secondary N) is 1. The number of hydrogen-bond donors (Lipinski definition) is 1. The molecule has 0 aliphatic heterocycles. The summed E-state index contributed by atoms with van der Waals surface area (Å²) in [5.74, 6) is 2.01. The summed E-state index contributed by atoms with van der Waals surface area (Å²) >= 11 is 0. The number of imidazole rings is 1. The van der Waals surface area contributed by atoms with E-state index >= 15 is 0 Å². The van der Waals surface area contributed by atoms with Crippen LogP contribution in [0.2, 0.25) is 0 Å². The van der Waals surface area contributed by atoms with Crippen molar-refractivity contribution < 1.29 is 9.53 Å². The van der Waals surface area contributed by atoms with Crippen LogP contribution in [0, 0.1) is 13.8 Å². The van der Waals surface area contributed by atoms with Gasteiger partial charge in [0.15, 0.2) is 0 Å². The van der Waals surface area contributed by atoms with Crippen molar-refractivity contribution in [2.45, 2.75) is 46.1 Å². The molecule has 176 valence electrons. The lowest BCUT2D eigenvalue weighted by Crippen LogP contribution is -2.28. The number of hydrogen-bond acceptors (Lipinski definition) is 3. The summed E-state index contributed by atoms with van der Waals surface area (Å²) < 4.78 is 8.24. The number of unbranched alkanes of at least 4 members (excludes halogenated alkanes) is 1. The molecular weight excluding hydrogens is 422 g/mol. The van der Waals surface area contributed by atoms with Crippen LogP contribution in [0.1, 0.15) is 35.4 Å². The van der Waals surface area contributed by atoms with Crippen molar-refractivity contribution in [1.82, 2.24) is 14.9 Å². The highest BCUT2D eigenvalue weighted by molar-refractivity contribution is 5.79. The summed E-state index contributed by atoms with van der Waals surface area (Å²) in [6.45, 7) is 6.26. The minimum absolute atomic E-state index is 0.0466. The van der Waals surface area contributed by atoms with E-state index in [-0.39, 0.29) is 5.91 Å². The monoisotopic (exact) mass is 455 g/mol. The average molecular weight is 456 g/mol. The Balaban J connectivity index is 1.31. The molecule has 0 aliphatic rings. The molecule has 1 N–H and O–H groups in total. The molecule has 5 nitrogen and oxygen atoms in total. The van der Waals surface area contributed by atoms with E-state index < -0.39 is 0 Å². The quantitative estimate of drug-likeness (QED) is 0.308. The van der Waals surface area contributed by atoms with Gasteiger partial charge >= 0.3 is 0 Å². The van der Waals surface area contributed by atoms with E-state index in [1.54, 1.807) is 0 Å². The maximum Gasteiger partial charge on any atom is 0.224 e. The van der Waals surface area contributed by atoms with Gasteiger partial charge in [0.25, 0.3) is 0 Å². The number of aryl methyl sites for hydroxylation is 3. The van der Waals surface area contributed by atoms with Crippen molar-refractivity contribution in [3.63, 3.8) is 0 Å². The van der Waals surface area contributed by atoms with Gasteiger partial charge < -0.3 is 14.6 Å². The van der Waals surface area contributed by atoms with Gasteiger partial charge in [0.1, 0.15) is 11.6 Å². The summed E-state index contributed by atoms with van der Waals surface area (Å²) in [6.07, 6.45) is 3.07. The number of para-hydroxylation sites is 3. The van der Waals surface area contributed by atoms with Crippen LogP contribution in [-0.4, -0.2) is 28.6 Å². The second kappa shape index (κ2) is 11.5. The second-order valence-electron chi connectivity index (χ2n) is 8.69. The van der Waals surface area contributed by atoms with Crippen molar-refractivity contribution in [2.24, 2.45) is 0 Å². The van der Waals surface area contributed by atoms with Gasteiger partial charge in [-0.25, -0.2) is 4.98 Å². The van der Waals surface area contributed by atoms with E-state index in [1.807, 2.05) is 61.5 Å². The fourth-order valence-corrected chi connectivity index (χ4v) is 4.20. The lowest BCUT2D eigenvalue weighted by Gasteiger charge is -2.12. The molecule has 1 amide bonds. The fraction of sp³-hybridized carbons (Fsp3) is 0.310. The summed E-state index contributed by atoms with van der Waals surface area (Å²) in [5.41, 5.74) is 5.52. The fourth-order valence-electron chi connectivity index (χ4n) is 4.20. The van der Waals surface area contributed by atoms with Crippen LogP contribution in [0.4, 0.5) is 0 Å². The summed E-state index contributed by atoms with van der Waals surface area (Å²) in [6, 6.07) is 24.4. The smallest absolute Gasteiger partial charge is 0.224 e. The molecule has 1 heterocycles. The Kier molecular flexibility index (Phi) is 7.97. The van der Waals surface area contributed by atoms with E-state index in [9.17, 15) is 4.79 Å². The minimum atomic E-state index is 0.0466. The number of amides is 1. The number of carbonyl (C=O) groups excluding carboxylic acids is 1. The van der Waals surface area contributed by atoms with Gasteiger partial charge in [-0.1, -0.05) is 54.6 Å². The Hall–Kier alpha value is -3.60. The highest BCUT2D eigenvalue weighted by atomic mass is 16.5. The van der Waals surface area contributed by atoms with Crippen molar-refractivity contribution in [2.75, 3.05) is 13.2 Å². The largest absolute Gasteiger partial charge is 0.493 e. The van der Waals surface area contributed by atoms with Crippen LogP contribution < -0.4 is 10.1 Å². The van der Waals surface area contributed by atoms with Crippen LogP contribution in [-0.2, 0) is 24.2 Å². The molecule has 0 saturated carbocycles. The third kappa shape index (κ3) is 6.04. The normalized spacial score (nSPS) is 11.0. The van der Waals surface area contributed by atoms with Gasteiger partial charge in [-0.05, 0) is 61.6 Å². The maximum absolute atomic E-state index is 12.4. The number of nitrogens with zero attached hydrogens (tertiary/aromatic N) is 2. The number of ether oxygens (including phenoxy) is 1. The maximum atomic E-state index is 12.4. The Morgan fingerprint density at radius 1 is 0.912 bits per heavy atom. The molecule has 0 bridgehead atoms. The van der Waals surface area contributed by atoms with Gasteiger partial charge in [0, 0.05) is 19.5 Å². The summed E-state index contributed by atoms with van der Waals surface area (Å²) in [5, 5.41) is 3.07. The van der Waals surface area contributed by atoms with Crippen molar-refractivity contribution in [1.29, 1.82) is 0 Å². The first-order valence-corrected chi connectivity index (χ1v) is 12.1. The lowest BCUT2D eigenvalue weighted by molar-refractivity contribution is -0.120. The first kappa shape index (κ1) is 23.6. The van der Waals surface area contributed by atoms with Crippen LogP contribution in [0.5, 0.6) is 5.75 Å². The first-order valence-electron chi connectivity index (χ1n) is 12.1. The second-order valence-corrected chi connectivity index (χ2v) is 8.69. The highest BCUT2D eigenvalue weighted by Crippen LogP contribution is 2.19. The van der Waals surface area contributed by atoms with Crippen molar-refractivity contribution in [3.05, 3.63) is 95.3 Å². The molecular formula is C29H33N3O2. The molecule has 0 unspecified atom stereocenters. The van der Waals surface area contributed by atoms with E-state index in [1.165, 1.54) is 0 Å². The minimum Gasteiger partial charge on any atom is -0.493 e. The van der Waals surface area contributed by atoms with E-state index in [2.05, 4.69) is 35.0 Å².